The van der Waals surface area contributed by atoms with Crippen molar-refractivity contribution in [1.29, 1.82) is 0 Å². The van der Waals surface area contributed by atoms with Crippen LogP contribution in [-0.2, 0) is 29.2 Å². The van der Waals surface area contributed by atoms with Crippen LogP contribution in [0.4, 0.5) is 0 Å². The summed E-state index contributed by atoms with van der Waals surface area (Å²) >= 11 is 0. The van der Waals surface area contributed by atoms with Crippen molar-refractivity contribution in [1.82, 2.24) is 0 Å². The molecule has 2 unspecified atom stereocenters. The largest absolute Gasteiger partial charge is 2.00 e. The minimum atomic E-state index is -4.62. The normalized spacial score (nSPS) is 12.8. The molecule has 0 rings (SSSR count). The van der Waals surface area contributed by atoms with Gasteiger partial charge in [-0.25, -0.2) is 16.8 Å². The summed E-state index contributed by atoms with van der Waals surface area (Å²) in [4.78, 5) is 0. The van der Waals surface area contributed by atoms with Crippen LogP contribution >= 0.6 is 0 Å². The zero-order valence-corrected chi connectivity index (χ0v) is 61.3. The molecule has 11 heteroatoms. The van der Waals surface area contributed by atoms with E-state index in [0.29, 0.717) is 0 Å². The Kier molecular flexibility index (Phi) is 79.3. The molecule has 0 fully saturated rings. The van der Waals surface area contributed by atoms with Crippen molar-refractivity contribution < 1.29 is 34.3 Å². The Hall–Kier alpha value is 0.480. The van der Waals surface area contributed by atoms with Gasteiger partial charge in [-0.15, -0.1) is 0 Å². The Morgan fingerprint density at radius 3 is 0.576 bits per heavy atom. The summed E-state index contributed by atoms with van der Waals surface area (Å²) in [5.74, 6) is 0.0322. The maximum atomic E-state index is 11.0. The quantitative estimate of drug-likeness (QED) is 0.0193. The minimum absolute atomic E-state index is 0. The van der Waals surface area contributed by atoms with Gasteiger partial charge in [-0.3, -0.25) is 8.37 Å². The molecule has 8 nitrogen and oxygen atoms in total. The SMILES string of the molecule is CCCCCCCCCCCCCC/C=C/C(CCCCCCCCCCCCCCCCCCC)COS(=O)(=O)[O-].CCCCCCCCCCCCCC/C=C/C(CCCCCCCCCCCCCCCCCCC)COS(=O)(=O)[O-].[Ca+2]. The van der Waals surface area contributed by atoms with Gasteiger partial charge in [-0.2, -0.15) is 0 Å². The molecule has 0 aliphatic rings. The molecule has 2 atom stereocenters. The third-order valence-corrected chi connectivity index (χ3v) is 18.3. The molecule has 0 spiro atoms. The molecule has 0 aromatic rings. The maximum Gasteiger partial charge on any atom is 2.00 e. The molecule has 0 aliphatic carbocycles. The Labute approximate surface area is 563 Å². The van der Waals surface area contributed by atoms with Crippen LogP contribution in [0, 0.1) is 11.8 Å². The summed E-state index contributed by atoms with van der Waals surface area (Å²) in [6.07, 6.45) is 90.6. The second-order valence-corrected chi connectivity index (χ2v) is 28.1. The van der Waals surface area contributed by atoms with Gasteiger partial charge in [0, 0.05) is 11.8 Å². The Morgan fingerprint density at radius 1 is 0.259 bits per heavy atom. The van der Waals surface area contributed by atoms with E-state index in [2.05, 4.69) is 60.4 Å². The van der Waals surface area contributed by atoms with Crippen LogP contribution in [0.15, 0.2) is 24.3 Å². The molecule has 504 valence electrons. The van der Waals surface area contributed by atoms with Crippen molar-refractivity contribution in [2.45, 2.75) is 426 Å². The number of allylic oxidation sites excluding steroid dienone is 2. The van der Waals surface area contributed by atoms with E-state index in [1.54, 1.807) is 0 Å². The molecular formula is C74H146CaO8S2. The number of hydrogen-bond donors (Lipinski definition) is 0. The number of unbranched alkanes of at least 4 members (excludes halogenated alkanes) is 56. The third-order valence-electron chi connectivity index (χ3n) is 17.5. The first-order valence-electron chi connectivity index (χ1n) is 37.5. The molecular weight excluding hydrogens is 1120 g/mol. The summed E-state index contributed by atoms with van der Waals surface area (Å²) in [7, 11) is -9.25. The van der Waals surface area contributed by atoms with Crippen LogP contribution in [0.5, 0.6) is 0 Å². The van der Waals surface area contributed by atoms with Gasteiger partial charge < -0.3 is 9.11 Å². The zero-order chi connectivity index (χ0) is 61.7. The van der Waals surface area contributed by atoms with E-state index < -0.39 is 20.8 Å². The van der Waals surface area contributed by atoms with E-state index in [-0.39, 0.29) is 62.8 Å². The fraction of sp³-hybridized carbons (Fsp3) is 0.946. The smallest absolute Gasteiger partial charge is 0.726 e. The second kappa shape index (κ2) is 75.2. The molecule has 85 heavy (non-hydrogen) atoms. The van der Waals surface area contributed by atoms with E-state index in [1.807, 2.05) is 0 Å². The van der Waals surface area contributed by atoms with E-state index in [0.717, 1.165) is 38.5 Å². The Morgan fingerprint density at radius 2 is 0.412 bits per heavy atom. The van der Waals surface area contributed by atoms with Crippen molar-refractivity contribution >= 4 is 58.5 Å². The van der Waals surface area contributed by atoms with Gasteiger partial charge in [0.1, 0.15) is 0 Å². The predicted octanol–water partition coefficient (Wildman–Crippen LogP) is 25.2. The van der Waals surface area contributed by atoms with Crippen LogP contribution in [0.3, 0.4) is 0 Å². The van der Waals surface area contributed by atoms with E-state index in [1.165, 1.54) is 360 Å². The molecule has 0 N–H and O–H groups in total. The van der Waals surface area contributed by atoms with Gasteiger partial charge in [0.2, 0.25) is 20.8 Å². The molecule has 0 radical (unpaired) electrons. The first-order chi connectivity index (χ1) is 41.0. The van der Waals surface area contributed by atoms with Crippen LogP contribution < -0.4 is 0 Å². The molecule has 0 aromatic heterocycles. The van der Waals surface area contributed by atoms with Gasteiger partial charge in [0.15, 0.2) is 0 Å². The van der Waals surface area contributed by atoms with Gasteiger partial charge in [0.25, 0.3) is 0 Å². The van der Waals surface area contributed by atoms with E-state index >= 15 is 0 Å². The topological polar surface area (TPSA) is 133 Å². The zero-order valence-electron chi connectivity index (χ0n) is 57.5. The minimum Gasteiger partial charge on any atom is -0.726 e. The predicted molar refractivity (Wildman–Crippen MR) is 371 cm³/mol. The van der Waals surface area contributed by atoms with Crippen molar-refractivity contribution in [2.75, 3.05) is 13.2 Å². The third kappa shape index (κ3) is 84.5. The van der Waals surface area contributed by atoms with Gasteiger partial charge >= 0.3 is 37.7 Å². The van der Waals surface area contributed by atoms with Crippen molar-refractivity contribution in [3.8, 4) is 0 Å². The van der Waals surface area contributed by atoms with Crippen LogP contribution in [0.1, 0.15) is 426 Å². The summed E-state index contributed by atoms with van der Waals surface area (Å²) in [6.45, 7) is 9.07. The second-order valence-electron chi connectivity index (χ2n) is 26.0. The standard InChI is InChI=1S/2C37H74O4S.Ca/c2*1-3-5-7-9-11-13-15-17-19-20-21-23-25-27-29-31-33-35-37(36-41-42(38,39)40)34-32-30-28-26-24-22-18-16-14-12-10-8-6-4-2;/h2*32,34,37H,3-31,33,35-36H2,1-2H3,(H,38,39,40);/q;;+2/p-2/b2*34-32+;. The summed E-state index contributed by atoms with van der Waals surface area (Å²) in [6, 6.07) is 0. The molecule has 0 aromatic carbocycles. The molecule has 0 heterocycles. The average Bonchev–Trinajstić information content (AvgIpc) is 3.48. The van der Waals surface area contributed by atoms with E-state index in [9.17, 15) is 25.9 Å². The molecule has 0 saturated heterocycles. The first kappa shape index (κ1) is 89.7. The first-order valence-corrected chi connectivity index (χ1v) is 40.2. The van der Waals surface area contributed by atoms with Gasteiger partial charge in [-0.05, 0) is 38.5 Å². The van der Waals surface area contributed by atoms with Crippen molar-refractivity contribution in [2.24, 2.45) is 11.8 Å². The Balaban J connectivity index is -0.00000156. The van der Waals surface area contributed by atoms with Gasteiger partial charge in [0.05, 0.1) is 13.2 Å². The average molecular weight is 1270 g/mol. The molecule has 0 saturated carbocycles. The van der Waals surface area contributed by atoms with Crippen LogP contribution in [-0.4, -0.2) is 76.9 Å². The van der Waals surface area contributed by atoms with Crippen molar-refractivity contribution in [3.05, 3.63) is 24.3 Å². The van der Waals surface area contributed by atoms with Gasteiger partial charge in [-0.1, -0.05) is 412 Å². The van der Waals surface area contributed by atoms with Crippen LogP contribution in [0.25, 0.3) is 0 Å². The molecule has 0 amide bonds. The maximum absolute atomic E-state index is 11.0. The number of hydrogen-bond acceptors (Lipinski definition) is 8. The fourth-order valence-corrected chi connectivity index (χ4v) is 12.5. The molecule has 0 aliphatic heterocycles. The summed E-state index contributed by atoms with van der Waals surface area (Å²) in [5.41, 5.74) is 0. The molecule has 0 bridgehead atoms. The van der Waals surface area contributed by atoms with Crippen molar-refractivity contribution in [3.63, 3.8) is 0 Å². The monoisotopic (exact) mass is 1270 g/mol. The van der Waals surface area contributed by atoms with Crippen LogP contribution in [0.2, 0.25) is 0 Å². The number of rotatable bonds is 70. The fourth-order valence-electron chi connectivity index (χ4n) is 11.9. The Bertz CT molecular complexity index is 1410. The van der Waals surface area contributed by atoms with E-state index in [4.69, 9.17) is 0 Å². The summed E-state index contributed by atoms with van der Waals surface area (Å²) in [5, 5.41) is 0. The summed E-state index contributed by atoms with van der Waals surface area (Å²) < 4.78 is 75.0.